The van der Waals surface area contributed by atoms with E-state index in [1.54, 1.807) is 40.7 Å². The maximum atomic E-state index is 13.2. The van der Waals surface area contributed by atoms with Gasteiger partial charge in [-0.15, -0.1) is 22.7 Å². The topological polar surface area (TPSA) is 156 Å². The van der Waals surface area contributed by atoms with E-state index in [0.29, 0.717) is 48.9 Å². The van der Waals surface area contributed by atoms with Gasteiger partial charge in [0.2, 0.25) is 11.2 Å². The molecule has 21 heteroatoms. The second-order valence-electron chi connectivity index (χ2n) is 13.6. The standard InChI is InChI=1S/C19H18F3N5OS.C12H9ClF3N3OS.C7H10N2/c1-11(12-5-4-6-23-10-12)24-18-25-13-9-14(19(20,21)22)29-16(13)15(26-18)17(28)27-7-2-3-8-27;13-11-17-6-5-7(12(14,15)16)21-9(6)8(18-11)10(20)19-3-1-2-4-19;1-6(8)7-3-2-4-9-5-7/h4-6,9-11H,2-3,7-8H2,1H3,(H,24,25,26);5H,1-4H2;2-6H,8H2,1H3/t11-;;6-/m0.0/s1. The summed E-state index contributed by atoms with van der Waals surface area (Å²) >= 11 is 6.71. The maximum absolute atomic E-state index is 13.2. The number of amides is 2. The Balaban J connectivity index is 0.000000169. The van der Waals surface area contributed by atoms with Gasteiger partial charge in [0, 0.05) is 57.0 Å². The normalized spacial score (nSPS) is 15.4. The molecule has 0 aromatic carbocycles. The van der Waals surface area contributed by atoms with Crippen molar-refractivity contribution in [3.63, 3.8) is 0 Å². The first-order chi connectivity index (χ1) is 28.0. The molecule has 2 fully saturated rings. The minimum absolute atomic E-state index is 0.0123. The van der Waals surface area contributed by atoms with Crippen molar-refractivity contribution < 1.29 is 35.9 Å². The number of thiophene rings is 2. The first kappa shape index (κ1) is 43.5. The lowest BCUT2D eigenvalue weighted by atomic mass is 10.1. The van der Waals surface area contributed by atoms with Crippen molar-refractivity contribution >= 4 is 72.5 Å². The average Bonchev–Trinajstić information content (AvgIpc) is 4.05. The van der Waals surface area contributed by atoms with Crippen LogP contribution in [-0.2, 0) is 12.4 Å². The van der Waals surface area contributed by atoms with Gasteiger partial charge in [0.1, 0.15) is 9.75 Å². The predicted octanol–water partition coefficient (Wildman–Crippen LogP) is 9.21. The Morgan fingerprint density at radius 2 is 1.19 bits per heavy atom. The number of nitrogens with two attached hydrogens (primary N) is 1. The van der Waals surface area contributed by atoms with Crippen LogP contribution in [0, 0.1) is 0 Å². The van der Waals surface area contributed by atoms with Crippen molar-refractivity contribution in [3.05, 3.63) is 98.7 Å². The minimum atomic E-state index is -4.50. The number of nitrogens with one attached hydrogen (secondary N) is 1. The number of nitrogens with zero attached hydrogens (tertiary/aromatic N) is 8. The number of pyridine rings is 2. The largest absolute Gasteiger partial charge is 0.425 e. The second-order valence-corrected chi connectivity index (χ2v) is 16.1. The van der Waals surface area contributed by atoms with Crippen molar-refractivity contribution in [2.24, 2.45) is 5.73 Å². The Kier molecular flexibility index (Phi) is 13.6. The Labute approximate surface area is 346 Å². The van der Waals surface area contributed by atoms with E-state index < -0.39 is 28.0 Å². The third-order valence-corrected chi connectivity index (χ3v) is 11.7. The molecule has 3 N–H and O–H groups in total. The number of aromatic nitrogens is 6. The molecule has 8 heterocycles. The summed E-state index contributed by atoms with van der Waals surface area (Å²) in [6.45, 7) is 6.13. The van der Waals surface area contributed by atoms with E-state index in [9.17, 15) is 35.9 Å². The Morgan fingerprint density at radius 1 is 0.729 bits per heavy atom. The molecular weight excluding hydrogens is 842 g/mol. The summed E-state index contributed by atoms with van der Waals surface area (Å²) in [5.41, 5.74) is 7.65. The van der Waals surface area contributed by atoms with Crippen molar-refractivity contribution in [1.29, 1.82) is 0 Å². The molecular formula is C38H37ClF6N10O2S2. The van der Waals surface area contributed by atoms with Crippen LogP contribution in [0.25, 0.3) is 20.4 Å². The molecule has 59 heavy (non-hydrogen) atoms. The SMILES string of the molecule is C[C@H](N)c1cccnc1.C[C@H](Nc1nc(C(=O)N2CCCC2)c2sc(C(F)(F)F)cc2n1)c1cccnc1.O=C(c1nc(Cl)nc2cc(C(F)(F)F)sc12)N1CCCC1. The van der Waals surface area contributed by atoms with E-state index in [4.69, 9.17) is 17.3 Å². The van der Waals surface area contributed by atoms with Crippen LogP contribution < -0.4 is 11.1 Å². The van der Waals surface area contributed by atoms with Crippen LogP contribution in [0.1, 0.15) is 93.5 Å². The first-order valence-electron chi connectivity index (χ1n) is 18.3. The van der Waals surface area contributed by atoms with Gasteiger partial charge in [-0.05, 0) is 86.5 Å². The molecule has 0 bridgehead atoms. The molecule has 312 valence electrons. The number of hydrogen-bond donors (Lipinski definition) is 2. The molecule has 2 amide bonds. The number of halogens is 7. The van der Waals surface area contributed by atoms with Gasteiger partial charge in [-0.3, -0.25) is 19.6 Å². The first-order valence-corrected chi connectivity index (χ1v) is 20.3. The number of hydrogen-bond acceptors (Lipinski definition) is 12. The second kappa shape index (κ2) is 18.5. The number of carbonyl (C=O) groups is 2. The molecule has 0 radical (unpaired) electrons. The van der Waals surface area contributed by atoms with Crippen molar-refractivity contribution in [2.45, 2.75) is 64.0 Å². The fourth-order valence-electron chi connectivity index (χ4n) is 6.16. The smallest absolute Gasteiger partial charge is 0.348 e. The predicted molar refractivity (Wildman–Crippen MR) is 213 cm³/mol. The molecule has 0 aliphatic carbocycles. The zero-order valence-corrected chi connectivity index (χ0v) is 33.9. The van der Waals surface area contributed by atoms with Crippen LogP contribution in [0.15, 0.2) is 61.2 Å². The van der Waals surface area contributed by atoms with Crippen molar-refractivity contribution in [3.8, 4) is 0 Å². The highest BCUT2D eigenvalue weighted by Crippen LogP contribution is 2.40. The van der Waals surface area contributed by atoms with Crippen molar-refractivity contribution in [2.75, 3.05) is 31.5 Å². The van der Waals surface area contributed by atoms with E-state index in [-0.39, 0.29) is 61.0 Å². The number of anilines is 1. The quantitative estimate of drug-likeness (QED) is 0.122. The highest BCUT2D eigenvalue weighted by molar-refractivity contribution is 7.19. The highest BCUT2D eigenvalue weighted by Gasteiger charge is 2.36. The van der Waals surface area contributed by atoms with Crippen LogP contribution >= 0.6 is 34.3 Å². The van der Waals surface area contributed by atoms with Gasteiger partial charge < -0.3 is 20.9 Å². The minimum Gasteiger partial charge on any atom is -0.348 e. The number of fused-ring (bicyclic) bond motifs is 2. The summed E-state index contributed by atoms with van der Waals surface area (Å²) < 4.78 is 78.4. The van der Waals surface area contributed by atoms with Gasteiger partial charge in [-0.1, -0.05) is 12.1 Å². The maximum Gasteiger partial charge on any atom is 0.425 e. The Bertz CT molecular complexity index is 2390. The Morgan fingerprint density at radius 3 is 1.61 bits per heavy atom. The van der Waals surface area contributed by atoms with E-state index in [1.165, 1.54) is 0 Å². The van der Waals surface area contributed by atoms with E-state index in [0.717, 1.165) is 48.9 Å². The van der Waals surface area contributed by atoms with Crippen molar-refractivity contribution in [1.82, 2.24) is 39.7 Å². The fourth-order valence-corrected chi connectivity index (χ4v) is 8.23. The monoisotopic (exact) mass is 878 g/mol. The number of alkyl halides is 6. The lowest BCUT2D eigenvalue weighted by Gasteiger charge is -2.17. The van der Waals surface area contributed by atoms with Crippen LogP contribution in [0.2, 0.25) is 5.28 Å². The van der Waals surface area contributed by atoms with Gasteiger partial charge in [0.05, 0.1) is 26.5 Å². The lowest BCUT2D eigenvalue weighted by molar-refractivity contribution is -0.135. The molecule has 8 rings (SSSR count). The molecule has 12 nitrogen and oxygen atoms in total. The summed E-state index contributed by atoms with van der Waals surface area (Å²) in [7, 11) is 0. The Hall–Kier alpha value is -5.05. The molecule has 2 aliphatic rings. The van der Waals surface area contributed by atoms with Crippen LogP contribution in [0.5, 0.6) is 0 Å². The average molecular weight is 879 g/mol. The number of likely N-dealkylation sites (tertiary alicyclic amines) is 2. The molecule has 0 saturated carbocycles. The summed E-state index contributed by atoms with van der Waals surface area (Å²) in [5.74, 6) is -0.636. The van der Waals surface area contributed by atoms with Crippen LogP contribution in [-0.4, -0.2) is 77.7 Å². The lowest BCUT2D eigenvalue weighted by Crippen LogP contribution is -2.28. The molecule has 6 aromatic rings. The summed E-state index contributed by atoms with van der Waals surface area (Å²) in [6.07, 6.45) is 1.38. The molecule has 2 saturated heterocycles. The zero-order valence-electron chi connectivity index (χ0n) is 31.5. The van der Waals surface area contributed by atoms with Gasteiger partial charge in [0.15, 0.2) is 11.4 Å². The van der Waals surface area contributed by atoms with E-state index in [2.05, 4.69) is 35.2 Å². The number of carbonyl (C=O) groups excluding carboxylic acids is 2. The zero-order chi connectivity index (χ0) is 42.5. The third kappa shape index (κ3) is 10.8. The van der Waals surface area contributed by atoms with Gasteiger partial charge in [0.25, 0.3) is 11.8 Å². The number of rotatable bonds is 6. The third-order valence-electron chi connectivity index (χ3n) is 9.21. The molecule has 2 atom stereocenters. The van der Waals surface area contributed by atoms with Gasteiger partial charge >= 0.3 is 12.4 Å². The van der Waals surface area contributed by atoms with Gasteiger partial charge in [-0.25, -0.2) is 19.9 Å². The summed E-state index contributed by atoms with van der Waals surface area (Å²) in [5, 5.41) is 2.85. The highest BCUT2D eigenvalue weighted by atomic mass is 35.5. The molecule has 0 unspecified atom stereocenters. The van der Waals surface area contributed by atoms with E-state index >= 15 is 0 Å². The summed E-state index contributed by atoms with van der Waals surface area (Å²) in [6, 6.07) is 9.24. The van der Waals surface area contributed by atoms with E-state index in [1.807, 2.05) is 32.0 Å². The fraction of sp³-hybridized carbons (Fsp3) is 0.368. The molecule has 6 aromatic heterocycles. The molecule has 2 aliphatic heterocycles. The molecule has 0 spiro atoms. The van der Waals surface area contributed by atoms with Gasteiger partial charge in [-0.2, -0.15) is 26.3 Å². The van der Waals surface area contributed by atoms with Crippen LogP contribution in [0.3, 0.4) is 0 Å². The summed E-state index contributed by atoms with van der Waals surface area (Å²) in [4.78, 5) is 51.1. The van der Waals surface area contributed by atoms with Crippen LogP contribution in [0.4, 0.5) is 32.3 Å².